The fourth-order valence-corrected chi connectivity index (χ4v) is 3.58. The highest BCUT2D eigenvalue weighted by Crippen LogP contribution is 2.33. The predicted molar refractivity (Wildman–Crippen MR) is 98.9 cm³/mol. The number of nitrogens with one attached hydrogen (secondary N) is 1. The van der Waals surface area contributed by atoms with Gasteiger partial charge >= 0.3 is 0 Å². The van der Waals surface area contributed by atoms with Crippen molar-refractivity contribution >= 4 is 5.82 Å². The van der Waals surface area contributed by atoms with E-state index in [1.54, 1.807) is 7.11 Å². The summed E-state index contributed by atoms with van der Waals surface area (Å²) in [6.07, 6.45) is 5.52. The highest BCUT2D eigenvalue weighted by molar-refractivity contribution is 5.45. The van der Waals surface area contributed by atoms with Crippen LogP contribution in [0.25, 0.3) is 0 Å². The molecule has 0 fully saturated rings. The molecule has 0 saturated heterocycles. The summed E-state index contributed by atoms with van der Waals surface area (Å²) in [5.74, 6) is 2.59. The molecule has 1 N–H and O–H groups in total. The summed E-state index contributed by atoms with van der Waals surface area (Å²) in [5, 5.41) is 3.64. The number of benzene rings is 1. The van der Waals surface area contributed by atoms with Crippen molar-refractivity contribution in [2.75, 3.05) is 32.6 Å². The highest BCUT2D eigenvalue weighted by Gasteiger charge is 2.20. The second-order valence-electron chi connectivity index (χ2n) is 6.67. The van der Waals surface area contributed by atoms with Gasteiger partial charge in [0.15, 0.2) is 0 Å². The number of nitrogens with zero attached hydrogens (tertiary/aromatic N) is 2. The molecule has 1 unspecified atom stereocenters. The zero-order chi connectivity index (χ0) is 16.9. The molecule has 0 amide bonds. The Kier molecular flexibility index (Phi) is 5.36. The zero-order valence-electron chi connectivity index (χ0n) is 14.9. The molecule has 0 bridgehead atoms. The number of anilines is 1. The van der Waals surface area contributed by atoms with E-state index in [-0.39, 0.29) is 0 Å². The summed E-state index contributed by atoms with van der Waals surface area (Å²) in [6, 6.07) is 10.7. The van der Waals surface area contributed by atoms with Crippen molar-refractivity contribution in [2.24, 2.45) is 0 Å². The molecule has 0 radical (unpaired) electrons. The molecule has 0 saturated carbocycles. The number of ether oxygens (including phenoxy) is 1. The molecule has 0 aliphatic heterocycles. The van der Waals surface area contributed by atoms with Crippen LogP contribution in [0.1, 0.15) is 35.4 Å². The second-order valence-corrected chi connectivity index (χ2v) is 6.67. The van der Waals surface area contributed by atoms with Crippen LogP contribution in [0, 0.1) is 0 Å². The Morgan fingerprint density at radius 1 is 1.29 bits per heavy atom. The van der Waals surface area contributed by atoms with Crippen LogP contribution in [0.5, 0.6) is 5.75 Å². The van der Waals surface area contributed by atoms with E-state index in [1.165, 1.54) is 29.5 Å². The standard InChI is InChI=1S/C20H27N3O/c1-23(2)20-17(8-5-11-22-20)14-21-13-16-7-4-6-15-12-18(24-3)9-10-19(15)16/h5,8-12,16,21H,4,6-7,13-14H2,1-3H3. The van der Waals surface area contributed by atoms with Crippen LogP contribution in [0.2, 0.25) is 0 Å². The third kappa shape index (κ3) is 3.70. The van der Waals surface area contributed by atoms with E-state index in [9.17, 15) is 0 Å². The fourth-order valence-electron chi connectivity index (χ4n) is 3.58. The van der Waals surface area contributed by atoms with Crippen molar-refractivity contribution in [3.63, 3.8) is 0 Å². The van der Waals surface area contributed by atoms with Gasteiger partial charge in [-0.2, -0.15) is 0 Å². The molecule has 24 heavy (non-hydrogen) atoms. The third-order valence-electron chi connectivity index (χ3n) is 4.79. The van der Waals surface area contributed by atoms with E-state index in [0.29, 0.717) is 5.92 Å². The molecule has 1 aliphatic rings. The number of hydrogen-bond acceptors (Lipinski definition) is 4. The van der Waals surface area contributed by atoms with E-state index >= 15 is 0 Å². The summed E-state index contributed by atoms with van der Waals surface area (Å²) in [5.41, 5.74) is 4.17. The Labute approximate surface area is 144 Å². The van der Waals surface area contributed by atoms with Crippen LogP contribution in [0.3, 0.4) is 0 Å². The largest absolute Gasteiger partial charge is 0.497 e. The SMILES string of the molecule is COc1ccc2c(c1)CCCC2CNCc1cccnc1N(C)C. The van der Waals surface area contributed by atoms with Crippen molar-refractivity contribution in [2.45, 2.75) is 31.7 Å². The molecular formula is C20H27N3O. The van der Waals surface area contributed by atoms with Crippen LogP contribution in [-0.4, -0.2) is 32.7 Å². The highest BCUT2D eigenvalue weighted by atomic mass is 16.5. The lowest BCUT2D eigenvalue weighted by Crippen LogP contribution is -2.25. The van der Waals surface area contributed by atoms with E-state index in [2.05, 4.69) is 39.5 Å². The first-order valence-corrected chi connectivity index (χ1v) is 8.67. The molecule has 3 rings (SSSR count). The maximum absolute atomic E-state index is 5.36. The Hall–Kier alpha value is -2.07. The van der Waals surface area contributed by atoms with Gasteiger partial charge in [0.05, 0.1) is 7.11 Å². The van der Waals surface area contributed by atoms with Gasteiger partial charge in [-0.3, -0.25) is 0 Å². The van der Waals surface area contributed by atoms with Crippen molar-refractivity contribution < 1.29 is 4.74 Å². The first-order valence-electron chi connectivity index (χ1n) is 8.67. The maximum Gasteiger partial charge on any atom is 0.132 e. The Bertz CT molecular complexity index is 684. The quantitative estimate of drug-likeness (QED) is 0.884. The average molecular weight is 325 g/mol. The predicted octanol–water partition coefficient (Wildman–Crippen LogP) is 3.37. The number of aryl methyl sites for hydroxylation is 1. The number of fused-ring (bicyclic) bond motifs is 1. The van der Waals surface area contributed by atoms with E-state index in [0.717, 1.165) is 31.1 Å². The lowest BCUT2D eigenvalue weighted by atomic mass is 9.82. The van der Waals surface area contributed by atoms with Gasteiger partial charge in [-0.1, -0.05) is 12.1 Å². The topological polar surface area (TPSA) is 37.4 Å². The number of pyridine rings is 1. The van der Waals surface area contributed by atoms with E-state index in [1.807, 2.05) is 26.4 Å². The smallest absolute Gasteiger partial charge is 0.132 e. The molecule has 1 aliphatic carbocycles. The van der Waals surface area contributed by atoms with Crippen LogP contribution in [0.4, 0.5) is 5.82 Å². The first-order chi connectivity index (χ1) is 11.7. The maximum atomic E-state index is 5.36. The minimum atomic E-state index is 0.583. The summed E-state index contributed by atoms with van der Waals surface area (Å²) in [4.78, 5) is 6.54. The van der Waals surface area contributed by atoms with Gasteiger partial charge in [0.1, 0.15) is 11.6 Å². The first kappa shape index (κ1) is 16.8. The Morgan fingerprint density at radius 2 is 2.17 bits per heavy atom. The van der Waals surface area contributed by atoms with Crippen LogP contribution in [-0.2, 0) is 13.0 Å². The number of rotatable bonds is 6. The normalized spacial score (nSPS) is 16.5. The number of hydrogen-bond donors (Lipinski definition) is 1. The number of methoxy groups -OCH3 is 1. The van der Waals surface area contributed by atoms with Crippen LogP contribution in [0.15, 0.2) is 36.5 Å². The molecule has 0 spiro atoms. The van der Waals surface area contributed by atoms with Gasteiger partial charge in [-0.05, 0) is 54.5 Å². The van der Waals surface area contributed by atoms with Gasteiger partial charge in [0.2, 0.25) is 0 Å². The Morgan fingerprint density at radius 3 is 2.96 bits per heavy atom. The van der Waals surface area contributed by atoms with Crippen LogP contribution >= 0.6 is 0 Å². The summed E-state index contributed by atoms with van der Waals surface area (Å²) >= 11 is 0. The average Bonchev–Trinajstić information content (AvgIpc) is 2.61. The molecule has 1 heterocycles. The molecule has 1 aromatic carbocycles. The van der Waals surface area contributed by atoms with E-state index in [4.69, 9.17) is 4.74 Å². The van der Waals surface area contributed by atoms with Crippen molar-refractivity contribution in [3.05, 3.63) is 53.2 Å². The number of aromatic nitrogens is 1. The Balaban J connectivity index is 1.65. The van der Waals surface area contributed by atoms with Gasteiger partial charge < -0.3 is 15.0 Å². The second kappa shape index (κ2) is 7.67. The van der Waals surface area contributed by atoms with Gasteiger partial charge in [-0.25, -0.2) is 4.98 Å². The van der Waals surface area contributed by atoms with Crippen molar-refractivity contribution in [1.82, 2.24) is 10.3 Å². The molecule has 1 aromatic heterocycles. The molecular weight excluding hydrogens is 298 g/mol. The van der Waals surface area contributed by atoms with Crippen LogP contribution < -0.4 is 15.0 Å². The fraction of sp³-hybridized carbons (Fsp3) is 0.450. The molecule has 1 atom stereocenters. The zero-order valence-corrected chi connectivity index (χ0v) is 14.9. The third-order valence-corrected chi connectivity index (χ3v) is 4.79. The van der Waals surface area contributed by atoms with E-state index < -0.39 is 0 Å². The lowest BCUT2D eigenvalue weighted by molar-refractivity contribution is 0.412. The monoisotopic (exact) mass is 325 g/mol. The summed E-state index contributed by atoms with van der Waals surface area (Å²) in [7, 11) is 5.81. The molecule has 128 valence electrons. The summed E-state index contributed by atoms with van der Waals surface area (Å²) in [6.45, 7) is 1.85. The van der Waals surface area contributed by atoms with Crippen molar-refractivity contribution in [3.8, 4) is 5.75 Å². The summed E-state index contributed by atoms with van der Waals surface area (Å²) < 4.78 is 5.36. The molecule has 4 heteroatoms. The van der Waals surface area contributed by atoms with Gasteiger partial charge in [0, 0.05) is 38.9 Å². The van der Waals surface area contributed by atoms with Crippen molar-refractivity contribution in [1.29, 1.82) is 0 Å². The van der Waals surface area contributed by atoms with Gasteiger partial charge in [-0.15, -0.1) is 0 Å². The minimum Gasteiger partial charge on any atom is -0.497 e. The minimum absolute atomic E-state index is 0.583. The van der Waals surface area contributed by atoms with Gasteiger partial charge in [0.25, 0.3) is 0 Å². The molecule has 4 nitrogen and oxygen atoms in total. The lowest BCUT2D eigenvalue weighted by Gasteiger charge is -2.26. The molecule has 2 aromatic rings.